The number of thiophene rings is 1. The average Bonchev–Trinajstić information content (AvgIpc) is 3.18. The molecular weight excluding hydrogens is 338 g/mol. The molecule has 2 aliphatic rings. The van der Waals surface area contributed by atoms with E-state index in [9.17, 15) is 9.59 Å². The third-order valence-corrected chi connectivity index (χ3v) is 6.02. The summed E-state index contributed by atoms with van der Waals surface area (Å²) in [6, 6.07) is 1.98. The summed E-state index contributed by atoms with van der Waals surface area (Å²) in [6.07, 6.45) is 3.27. The molecule has 7 heteroatoms. The van der Waals surface area contributed by atoms with E-state index >= 15 is 0 Å². The van der Waals surface area contributed by atoms with Crippen LogP contribution in [0.1, 0.15) is 36.0 Å². The fourth-order valence-electron chi connectivity index (χ4n) is 3.83. The molecule has 25 heavy (non-hydrogen) atoms. The van der Waals surface area contributed by atoms with Crippen molar-refractivity contribution in [3.63, 3.8) is 0 Å². The number of carbonyl (C=O) groups excluding carboxylic acids is 2. The molecule has 1 aromatic heterocycles. The molecule has 0 bridgehead atoms. The van der Waals surface area contributed by atoms with Gasteiger partial charge >= 0.3 is 0 Å². The van der Waals surface area contributed by atoms with Gasteiger partial charge < -0.3 is 20.3 Å². The predicted molar refractivity (Wildman–Crippen MR) is 97.8 cm³/mol. The van der Waals surface area contributed by atoms with Crippen LogP contribution in [0.3, 0.4) is 0 Å². The van der Waals surface area contributed by atoms with E-state index in [-0.39, 0.29) is 23.3 Å². The van der Waals surface area contributed by atoms with E-state index in [2.05, 4.69) is 10.6 Å². The maximum atomic E-state index is 13.1. The van der Waals surface area contributed by atoms with E-state index in [1.807, 2.05) is 21.7 Å². The van der Waals surface area contributed by atoms with Gasteiger partial charge in [0, 0.05) is 37.2 Å². The Morgan fingerprint density at radius 1 is 1.36 bits per heavy atom. The van der Waals surface area contributed by atoms with Crippen LogP contribution in [0.25, 0.3) is 0 Å². The smallest absolute Gasteiger partial charge is 0.252 e. The summed E-state index contributed by atoms with van der Waals surface area (Å²) >= 11 is 1.52. The molecule has 0 aliphatic carbocycles. The lowest BCUT2D eigenvalue weighted by Gasteiger charge is -2.42. The van der Waals surface area contributed by atoms with E-state index in [0.29, 0.717) is 19.7 Å². The monoisotopic (exact) mass is 365 g/mol. The summed E-state index contributed by atoms with van der Waals surface area (Å²) in [5.74, 6) is 0.207. The highest BCUT2D eigenvalue weighted by Crippen LogP contribution is 2.32. The number of nitrogens with zero attached hydrogens (tertiary/aromatic N) is 1. The number of piperidine rings is 2. The average molecular weight is 365 g/mol. The van der Waals surface area contributed by atoms with Gasteiger partial charge in [0.25, 0.3) is 5.91 Å². The number of carbonyl (C=O) groups is 2. The highest BCUT2D eigenvalue weighted by molar-refractivity contribution is 7.08. The van der Waals surface area contributed by atoms with Crippen LogP contribution in [0.2, 0.25) is 0 Å². The van der Waals surface area contributed by atoms with Crippen LogP contribution in [-0.4, -0.2) is 62.7 Å². The van der Waals surface area contributed by atoms with E-state index in [4.69, 9.17) is 4.74 Å². The lowest BCUT2D eigenvalue weighted by molar-refractivity contribution is -0.148. The molecule has 3 rings (SSSR count). The van der Waals surface area contributed by atoms with Gasteiger partial charge in [-0.3, -0.25) is 9.59 Å². The summed E-state index contributed by atoms with van der Waals surface area (Å²) in [4.78, 5) is 27.2. The first kappa shape index (κ1) is 18.4. The number of methoxy groups -OCH3 is 1. The number of hydrogen-bond donors (Lipinski definition) is 2. The van der Waals surface area contributed by atoms with E-state index in [0.717, 1.165) is 44.3 Å². The standard InChI is InChI=1S/C18H27N3O3S/c1-24-13-18(5-7-19-8-6-18)17(23)21-9-2-15(3-10-21)20-16(22)14-4-11-25-12-14/h4,11-12,15,19H,2-3,5-10,13H2,1H3,(H,20,22). The molecule has 2 saturated heterocycles. The minimum atomic E-state index is -0.382. The van der Waals surface area contributed by atoms with E-state index in [1.54, 1.807) is 7.11 Å². The van der Waals surface area contributed by atoms with Crippen molar-refractivity contribution in [3.8, 4) is 0 Å². The summed E-state index contributed by atoms with van der Waals surface area (Å²) in [7, 11) is 1.67. The highest BCUT2D eigenvalue weighted by atomic mass is 32.1. The SMILES string of the molecule is COCC1(C(=O)N2CCC(NC(=O)c3ccsc3)CC2)CCNCC1. The predicted octanol–water partition coefficient (Wildman–Crippen LogP) is 1.49. The minimum Gasteiger partial charge on any atom is -0.384 e. The molecule has 0 unspecified atom stereocenters. The van der Waals surface area contributed by atoms with E-state index in [1.165, 1.54) is 11.3 Å². The molecule has 3 heterocycles. The Kier molecular flexibility index (Phi) is 6.09. The Balaban J connectivity index is 1.54. The number of rotatable bonds is 5. The molecule has 0 aromatic carbocycles. The Bertz CT molecular complexity index is 571. The van der Waals surface area contributed by atoms with Gasteiger partial charge in [-0.05, 0) is 50.2 Å². The van der Waals surface area contributed by atoms with Crippen LogP contribution in [0.15, 0.2) is 16.8 Å². The molecule has 2 N–H and O–H groups in total. The fraction of sp³-hybridized carbons (Fsp3) is 0.667. The number of hydrogen-bond acceptors (Lipinski definition) is 5. The van der Waals surface area contributed by atoms with Gasteiger partial charge in [-0.2, -0.15) is 11.3 Å². The second-order valence-electron chi connectivity index (χ2n) is 7.02. The molecule has 2 fully saturated rings. The quantitative estimate of drug-likeness (QED) is 0.829. The Hall–Kier alpha value is -1.44. The zero-order valence-electron chi connectivity index (χ0n) is 14.8. The molecule has 0 saturated carbocycles. The fourth-order valence-corrected chi connectivity index (χ4v) is 4.46. The lowest BCUT2D eigenvalue weighted by Crippen LogP contribution is -2.55. The van der Waals surface area contributed by atoms with Gasteiger partial charge in [0.1, 0.15) is 0 Å². The van der Waals surface area contributed by atoms with Gasteiger partial charge in [0.2, 0.25) is 5.91 Å². The Labute approximate surface area is 152 Å². The molecular formula is C18H27N3O3S. The van der Waals surface area contributed by atoms with Crippen LogP contribution in [-0.2, 0) is 9.53 Å². The zero-order valence-corrected chi connectivity index (χ0v) is 15.6. The highest BCUT2D eigenvalue weighted by Gasteiger charge is 2.43. The maximum Gasteiger partial charge on any atom is 0.252 e. The first-order valence-corrected chi connectivity index (χ1v) is 9.91. The molecule has 138 valence electrons. The molecule has 2 amide bonds. The first-order chi connectivity index (χ1) is 12.1. The summed E-state index contributed by atoms with van der Waals surface area (Å²) in [5.41, 5.74) is 0.338. The van der Waals surface area contributed by atoms with Crippen LogP contribution >= 0.6 is 11.3 Å². The van der Waals surface area contributed by atoms with Gasteiger partial charge in [-0.1, -0.05) is 0 Å². The Morgan fingerprint density at radius 2 is 2.08 bits per heavy atom. The zero-order chi connectivity index (χ0) is 17.7. The van der Waals surface area contributed by atoms with Gasteiger partial charge in [0.05, 0.1) is 12.0 Å². The molecule has 0 radical (unpaired) electrons. The van der Waals surface area contributed by atoms with Crippen molar-refractivity contribution in [2.75, 3.05) is 39.9 Å². The van der Waals surface area contributed by atoms with Gasteiger partial charge in [-0.15, -0.1) is 0 Å². The number of nitrogens with one attached hydrogen (secondary N) is 2. The topological polar surface area (TPSA) is 70.7 Å². The van der Waals surface area contributed by atoms with Crippen LogP contribution in [0.5, 0.6) is 0 Å². The van der Waals surface area contributed by atoms with Crippen molar-refractivity contribution in [1.82, 2.24) is 15.5 Å². The minimum absolute atomic E-state index is 0.0137. The van der Waals surface area contributed by atoms with Crippen molar-refractivity contribution in [3.05, 3.63) is 22.4 Å². The molecule has 2 aliphatic heterocycles. The van der Waals surface area contributed by atoms with Crippen molar-refractivity contribution in [2.45, 2.75) is 31.7 Å². The van der Waals surface area contributed by atoms with Crippen LogP contribution in [0, 0.1) is 5.41 Å². The third-order valence-electron chi connectivity index (χ3n) is 5.34. The maximum absolute atomic E-state index is 13.1. The number of ether oxygens (including phenoxy) is 1. The third kappa shape index (κ3) is 4.22. The van der Waals surface area contributed by atoms with Gasteiger partial charge in [-0.25, -0.2) is 0 Å². The van der Waals surface area contributed by atoms with Crippen molar-refractivity contribution < 1.29 is 14.3 Å². The van der Waals surface area contributed by atoms with Crippen LogP contribution < -0.4 is 10.6 Å². The van der Waals surface area contributed by atoms with Crippen molar-refractivity contribution in [1.29, 1.82) is 0 Å². The summed E-state index contributed by atoms with van der Waals surface area (Å²) in [5, 5.41) is 10.2. The number of amides is 2. The molecule has 0 atom stereocenters. The Morgan fingerprint density at radius 3 is 2.68 bits per heavy atom. The van der Waals surface area contributed by atoms with Crippen molar-refractivity contribution in [2.24, 2.45) is 5.41 Å². The molecule has 6 nitrogen and oxygen atoms in total. The second-order valence-corrected chi connectivity index (χ2v) is 7.80. The summed E-state index contributed by atoms with van der Waals surface area (Å²) in [6.45, 7) is 3.62. The van der Waals surface area contributed by atoms with Crippen LogP contribution in [0.4, 0.5) is 0 Å². The summed E-state index contributed by atoms with van der Waals surface area (Å²) < 4.78 is 5.38. The largest absolute Gasteiger partial charge is 0.384 e. The van der Waals surface area contributed by atoms with Gasteiger partial charge in [0.15, 0.2) is 0 Å². The molecule has 1 aromatic rings. The molecule has 0 spiro atoms. The lowest BCUT2D eigenvalue weighted by atomic mass is 9.78. The second kappa shape index (κ2) is 8.29. The van der Waals surface area contributed by atoms with Crippen molar-refractivity contribution >= 4 is 23.2 Å². The first-order valence-electron chi connectivity index (χ1n) is 8.97. The van der Waals surface area contributed by atoms with E-state index < -0.39 is 0 Å². The number of likely N-dealkylation sites (tertiary alicyclic amines) is 1. The normalized spacial score (nSPS) is 21.1.